The van der Waals surface area contributed by atoms with Crippen LogP contribution in [0.15, 0.2) is 86.0 Å². The van der Waals surface area contributed by atoms with Crippen LogP contribution in [0.3, 0.4) is 0 Å². The summed E-state index contributed by atoms with van der Waals surface area (Å²) in [6.07, 6.45) is 3.93. The molecule has 0 radical (unpaired) electrons. The van der Waals surface area contributed by atoms with E-state index in [1.54, 1.807) is 22.0 Å². The number of rotatable bonds is 11. The normalized spacial score (nSPS) is 26.8. The fraction of sp³-hybridized carbons (Fsp3) is 0.387. The van der Waals surface area contributed by atoms with E-state index in [9.17, 15) is 19.5 Å². The smallest absolute Gasteiger partial charge is 0.248 e. The predicted octanol–water partition coefficient (Wildman–Crippen LogP) is 2.79. The van der Waals surface area contributed by atoms with E-state index in [2.05, 4.69) is 13.2 Å². The lowest BCUT2D eigenvalue weighted by Crippen LogP contribution is -2.56. The number of likely N-dealkylation sites (tertiary alicyclic amines) is 1. The molecule has 5 rings (SSSR count). The molecule has 1 N–H and O–H groups in total. The SMILES string of the molecule is C=CCN(Cc1ccccc1)C(=O)C1N(CCO)C(=O)[C@@H]2[C@@H](C(=O)N(CC=C)c3ccccc3)[C@H]3CCC12O3. The van der Waals surface area contributed by atoms with Gasteiger partial charge in [0.1, 0.15) is 11.6 Å². The van der Waals surface area contributed by atoms with Gasteiger partial charge in [0.05, 0.1) is 24.5 Å². The lowest BCUT2D eigenvalue weighted by Gasteiger charge is -2.37. The van der Waals surface area contributed by atoms with Crippen molar-refractivity contribution in [2.75, 3.05) is 31.1 Å². The average Bonchev–Trinajstić information content (AvgIpc) is 3.60. The fourth-order valence-electron chi connectivity index (χ4n) is 6.67. The molecule has 39 heavy (non-hydrogen) atoms. The first-order valence-corrected chi connectivity index (χ1v) is 13.5. The van der Waals surface area contributed by atoms with E-state index < -0.39 is 29.6 Å². The Morgan fingerprint density at radius 1 is 1.03 bits per heavy atom. The monoisotopic (exact) mass is 529 g/mol. The van der Waals surface area contributed by atoms with E-state index in [1.807, 2.05) is 60.7 Å². The van der Waals surface area contributed by atoms with Crippen LogP contribution in [0.4, 0.5) is 5.69 Å². The van der Waals surface area contributed by atoms with Crippen LogP contribution in [0.5, 0.6) is 0 Å². The number of β-amino-alcohol motifs (C(OH)–C–C–N with tert-alkyl or cyclic N) is 1. The van der Waals surface area contributed by atoms with E-state index in [1.165, 1.54) is 4.90 Å². The molecule has 3 fully saturated rings. The summed E-state index contributed by atoms with van der Waals surface area (Å²) in [7, 11) is 0. The van der Waals surface area contributed by atoms with Gasteiger partial charge >= 0.3 is 0 Å². The maximum Gasteiger partial charge on any atom is 0.248 e. The summed E-state index contributed by atoms with van der Waals surface area (Å²) in [5.74, 6) is -2.32. The number of nitrogens with zero attached hydrogens (tertiary/aromatic N) is 3. The molecule has 2 unspecified atom stereocenters. The van der Waals surface area contributed by atoms with Crippen molar-refractivity contribution in [3.63, 3.8) is 0 Å². The standard InChI is InChI=1S/C31H35N3O5/c1-3-17-32(21-22-11-7-5-8-12-22)30(38)27-31-16-15-24(39-31)25(26(31)29(37)34(27)19-20-35)28(36)33(18-4-2)23-13-9-6-10-14-23/h3-14,24-27,35H,1-2,15-21H2/t24-,25+,26+,27?,31?/m1/s1. The summed E-state index contributed by atoms with van der Waals surface area (Å²) >= 11 is 0. The highest BCUT2D eigenvalue weighted by molar-refractivity contribution is 6.03. The number of carbonyl (C=O) groups is 3. The molecule has 0 aliphatic carbocycles. The van der Waals surface area contributed by atoms with Crippen molar-refractivity contribution in [2.45, 2.75) is 37.1 Å². The highest BCUT2D eigenvalue weighted by Gasteiger charge is 2.74. The lowest BCUT2D eigenvalue weighted by molar-refractivity contribution is -0.148. The number of amides is 3. The minimum atomic E-state index is -1.12. The molecule has 3 amide bonds. The largest absolute Gasteiger partial charge is 0.395 e. The topological polar surface area (TPSA) is 90.4 Å². The van der Waals surface area contributed by atoms with Crippen molar-refractivity contribution in [2.24, 2.45) is 11.8 Å². The predicted molar refractivity (Wildman–Crippen MR) is 147 cm³/mol. The molecule has 3 aliphatic heterocycles. The van der Waals surface area contributed by atoms with Crippen LogP contribution in [0.25, 0.3) is 0 Å². The van der Waals surface area contributed by atoms with Gasteiger partial charge in [-0.3, -0.25) is 14.4 Å². The number of hydrogen-bond donors (Lipinski definition) is 1. The molecular formula is C31H35N3O5. The molecule has 8 nitrogen and oxygen atoms in total. The number of hydrogen-bond acceptors (Lipinski definition) is 5. The van der Waals surface area contributed by atoms with Gasteiger partial charge in [0, 0.05) is 31.9 Å². The Labute approximate surface area is 229 Å². The van der Waals surface area contributed by atoms with E-state index in [0.29, 0.717) is 31.6 Å². The maximum atomic E-state index is 14.2. The van der Waals surface area contributed by atoms with Gasteiger partial charge < -0.3 is 24.5 Å². The second-order valence-corrected chi connectivity index (χ2v) is 10.4. The average molecular weight is 530 g/mol. The van der Waals surface area contributed by atoms with Crippen LogP contribution in [-0.4, -0.2) is 76.6 Å². The van der Waals surface area contributed by atoms with Gasteiger partial charge in [-0.15, -0.1) is 13.2 Å². The van der Waals surface area contributed by atoms with Crippen LogP contribution < -0.4 is 4.90 Å². The Morgan fingerprint density at radius 3 is 2.33 bits per heavy atom. The van der Waals surface area contributed by atoms with E-state index >= 15 is 0 Å². The van der Waals surface area contributed by atoms with Gasteiger partial charge in [0.25, 0.3) is 0 Å². The Kier molecular flexibility index (Phi) is 7.68. The van der Waals surface area contributed by atoms with Crippen LogP contribution in [0.1, 0.15) is 18.4 Å². The van der Waals surface area contributed by atoms with E-state index in [4.69, 9.17) is 4.74 Å². The highest BCUT2D eigenvalue weighted by atomic mass is 16.5. The van der Waals surface area contributed by atoms with Gasteiger partial charge in [0.2, 0.25) is 17.7 Å². The van der Waals surface area contributed by atoms with Gasteiger partial charge in [-0.25, -0.2) is 0 Å². The summed E-state index contributed by atoms with van der Waals surface area (Å²) < 4.78 is 6.55. The minimum Gasteiger partial charge on any atom is -0.395 e. The van der Waals surface area contributed by atoms with Gasteiger partial charge in [0.15, 0.2) is 0 Å². The number of para-hydroxylation sites is 1. The summed E-state index contributed by atoms with van der Waals surface area (Å²) in [5, 5.41) is 9.87. The van der Waals surface area contributed by atoms with Crippen molar-refractivity contribution in [3.05, 3.63) is 91.5 Å². The molecular weight excluding hydrogens is 494 g/mol. The number of aliphatic hydroxyl groups is 1. The summed E-state index contributed by atoms with van der Waals surface area (Å²) in [5.41, 5.74) is 0.540. The molecule has 2 bridgehead atoms. The molecule has 5 atom stereocenters. The molecule has 3 saturated heterocycles. The number of ether oxygens (including phenoxy) is 1. The molecule has 0 saturated carbocycles. The zero-order valence-electron chi connectivity index (χ0n) is 22.0. The molecule has 8 heteroatoms. The van der Waals surface area contributed by atoms with Gasteiger partial charge in [-0.2, -0.15) is 0 Å². The zero-order chi connectivity index (χ0) is 27.6. The third-order valence-electron chi connectivity index (χ3n) is 8.18. The third-order valence-corrected chi connectivity index (χ3v) is 8.18. The molecule has 2 aromatic rings. The lowest BCUT2D eigenvalue weighted by atomic mass is 9.70. The highest BCUT2D eigenvalue weighted by Crippen LogP contribution is 2.59. The third kappa shape index (κ3) is 4.57. The molecule has 1 spiro atoms. The molecule has 3 aliphatic rings. The molecule has 2 aromatic carbocycles. The van der Waals surface area contributed by atoms with Crippen molar-refractivity contribution >= 4 is 23.4 Å². The fourth-order valence-corrected chi connectivity index (χ4v) is 6.67. The first kappa shape index (κ1) is 26.8. The number of anilines is 1. The second kappa shape index (κ2) is 11.2. The number of benzene rings is 2. The Balaban J connectivity index is 1.50. The first-order valence-electron chi connectivity index (χ1n) is 13.5. The first-order chi connectivity index (χ1) is 19.0. The van der Waals surface area contributed by atoms with Gasteiger partial charge in [-0.05, 0) is 30.5 Å². The molecule has 204 valence electrons. The van der Waals surface area contributed by atoms with Crippen molar-refractivity contribution in [3.8, 4) is 0 Å². The van der Waals surface area contributed by atoms with Crippen LogP contribution in [0.2, 0.25) is 0 Å². The van der Waals surface area contributed by atoms with Crippen molar-refractivity contribution < 1.29 is 24.2 Å². The summed E-state index contributed by atoms with van der Waals surface area (Å²) in [6.45, 7) is 8.26. The minimum absolute atomic E-state index is 0.00918. The van der Waals surface area contributed by atoms with Crippen LogP contribution >= 0.6 is 0 Å². The summed E-state index contributed by atoms with van der Waals surface area (Å²) in [4.78, 5) is 47.1. The number of carbonyl (C=O) groups excluding carboxylic acids is 3. The zero-order valence-corrected chi connectivity index (χ0v) is 22.0. The Morgan fingerprint density at radius 2 is 1.69 bits per heavy atom. The molecule has 0 aromatic heterocycles. The molecule has 3 heterocycles. The second-order valence-electron chi connectivity index (χ2n) is 10.4. The van der Waals surface area contributed by atoms with Gasteiger partial charge in [-0.1, -0.05) is 60.7 Å². The van der Waals surface area contributed by atoms with Crippen molar-refractivity contribution in [1.29, 1.82) is 0 Å². The maximum absolute atomic E-state index is 14.2. The van der Waals surface area contributed by atoms with E-state index in [0.717, 1.165) is 5.56 Å². The Hall–Kier alpha value is -3.75. The van der Waals surface area contributed by atoms with Crippen LogP contribution in [-0.2, 0) is 25.7 Å². The number of aliphatic hydroxyl groups excluding tert-OH is 1. The van der Waals surface area contributed by atoms with E-state index in [-0.39, 0.29) is 37.4 Å². The summed E-state index contributed by atoms with van der Waals surface area (Å²) in [6, 6.07) is 18.0. The quantitative estimate of drug-likeness (QED) is 0.452. The number of fused-ring (bicyclic) bond motifs is 1. The Bertz CT molecular complexity index is 1240. The van der Waals surface area contributed by atoms with Crippen molar-refractivity contribution in [1.82, 2.24) is 9.80 Å². The van der Waals surface area contributed by atoms with Crippen LogP contribution in [0, 0.1) is 11.8 Å².